The number of sulfone groups is 1. The van der Waals surface area contributed by atoms with Gasteiger partial charge in [0.15, 0.2) is 9.84 Å². The minimum Gasteiger partial charge on any atom is -0.248 e. The van der Waals surface area contributed by atoms with E-state index in [1.807, 2.05) is 0 Å². The number of aromatic nitrogens is 2. The summed E-state index contributed by atoms with van der Waals surface area (Å²) in [5, 5.41) is 3.98. The SMILES string of the molecule is CCc1nn(C2CCS(=O)(=O)C2)c(Cl)c1S(=O)(=O)Cl. The van der Waals surface area contributed by atoms with E-state index in [0.29, 0.717) is 12.8 Å². The second-order valence-electron chi connectivity index (χ2n) is 4.36. The molecule has 0 radical (unpaired) electrons. The van der Waals surface area contributed by atoms with Crippen LogP contribution in [0.1, 0.15) is 25.1 Å². The van der Waals surface area contributed by atoms with Crippen molar-refractivity contribution < 1.29 is 16.8 Å². The summed E-state index contributed by atoms with van der Waals surface area (Å²) in [5.41, 5.74) is 0.254. The van der Waals surface area contributed by atoms with E-state index < -0.39 is 24.9 Å². The van der Waals surface area contributed by atoms with Gasteiger partial charge in [0.05, 0.1) is 23.2 Å². The Morgan fingerprint density at radius 1 is 1.47 bits per heavy atom. The van der Waals surface area contributed by atoms with Gasteiger partial charge in [-0.25, -0.2) is 21.5 Å². The van der Waals surface area contributed by atoms with E-state index in [4.69, 9.17) is 22.3 Å². The van der Waals surface area contributed by atoms with Crippen LogP contribution < -0.4 is 0 Å². The van der Waals surface area contributed by atoms with Crippen molar-refractivity contribution >= 4 is 41.2 Å². The van der Waals surface area contributed by atoms with Crippen molar-refractivity contribution in [3.05, 3.63) is 10.8 Å². The lowest BCUT2D eigenvalue weighted by molar-refractivity contribution is 0.495. The molecule has 10 heteroatoms. The van der Waals surface area contributed by atoms with Crippen molar-refractivity contribution in [2.45, 2.75) is 30.7 Å². The summed E-state index contributed by atoms with van der Waals surface area (Å²) in [4.78, 5) is -0.220. The molecule has 0 aromatic carbocycles. The van der Waals surface area contributed by atoms with Crippen LogP contribution in [0, 0.1) is 0 Å². The molecule has 1 atom stereocenters. The highest BCUT2D eigenvalue weighted by molar-refractivity contribution is 8.13. The fraction of sp³-hybridized carbons (Fsp3) is 0.667. The zero-order valence-electron chi connectivity index (χ0n) is 10.0. The first-order valence-corrected chi connectivity index (χ1v) is 10.1. The van der Waals surface area contributed by atoms with Gasteiger partial charge in [0.1, 0.15) is 10.0 Å². The van der Waals surface area contributed by atoms with Crippen molar-refractivity contribution in [1.82, 2.24) is 9.78 Å². The van der Waals surface area contributed by atoms with Crippen LogP contribution in [-0.4, -0.2) is 38.1 Å². The maximum absolute atomic E-state index is 11.5. The zero-order valence-corrected chi connectivity index (χ0v) is 13.2. The monoisotopic (exact) mass is 346 g/mol. The molecule has 0 amide bonds. The van der Waals surface area contributed by atoms with Gasteiger partial charge in [0.2, 0.25) is 0 Å². The molecule has 1 aromatic rings. The van der Waals surface area contributed by atoms with E-state index in [2.05, 4.69) is 5.10 Å². The zero-order chi connectivity index (χ0) is 14.4. The third-order valence-corrected chi connectivity index (χ3v) is 6.62. The van der Waals surface area contributed by atoms with E-state index in [1.54, 1.807) is 6.92 Å². The largest absolute Gasteiger partial charge is 0.266 e. The van der Waals surface area contributed by atoms with E-state index in [-0.39, 0.29) is 27.2 Å². The lowest BCUT2D eigenvalue weighted by Crippen LogP contribution is -2.12. The summed E-state index contributed by atoms with van der Waals surface area (Å²) in [7, 11) is -1.77. The summed E-state index contributed by atoms with van der Waals surface area (Å²) in [6.07, 6.45) is 0.710. The molecule has 0 N–H and O–H groups in total. The standard InChI is InChI=1S/C9H12Cl2N2O4S2/c1-2-7-8(19(11,16)17)9(10)13(12-7)6-3-4-18(14,15)5-6/h6H,2-5H2,1H3. The second kappa shape index (κ2) is 4.91. The molecule has 1 fully saturated rings. The van der Waals surface area contributed by atoms with E-state index in [1.165, 1.54) is 4.68 Å². The number of nitrogens with zero attached hydrogens (tertiary/aromatic N) is 2. The Labute approximate surface area is 121 Å². The molecular formula is C9H12Cl2N2O4S2. The molecular weight excluding hydrogens is 335 g/mol. The van der Waals surface area contributed by atoms with Crippen LogP contribution in [0.5, 0.6) is 0 Å². The summed E-state index contributed by atoms with van der Waals surface area (Å²) >= 11 is 6.01. The average Bonchev–Trinajstić information content (AvgIpc) is 2.77. The molecule has 1 saturated heterocycles. The molecule has 2 heterocycles. The lowest BCUT2D eigenvalue weighted by Gasteiger charge is -2.09. The van der Waals surface area contributed by atoms with Gasteiger partial charge in [-0.05, 0) is 12.8 Å². The van der Waals surface area contributed by atoms with Gasteiger partial charge in [-0.1, -0.05) is 18.5 Å². The van der Waals surface area contributed by atoms with Gasteiger partial charge in [-0.2, -0.15) is 5.10 Å². The van der Waals surface area contributed by atoms with Crippen LogP contribution in [0.3, 0.4) is 0 Å². The third-order valence-electron chi connectivity index (χ3n) is 3.01. The van der Waals surface area contributed by atoms with Gasteiger partial charge in [0, 0.05) is 10.7 Å². The van der Waals surface area contributed by atoms with Gasteiger partial charge in [0.25, 0.3) is 9.05 Å². The van der Waals surface area contributed by atoms with Crippen molar-refractivity contribution in [2.24, 2.45) is 0 Å². The molecule has 108 valence electrons. The van der Waals surface area contributed by atoms with Crippen molar-refractivity contribution in [2.75, 3.05) is 11.5 Å². The summed E-state index contributed by atoms with van der Waals surface area (Å²) in [6.45, 7) is 1.72. The number of hydrogen-bond donors (Lipinski definition) is 0. The Balaban J connectivity index is 2.53. The van der Waals surface area contributed by atoms with Gasteiger partial charge < -0.3 is 0 Å². The number of hydrogen-bond acceptors (Lipinski definition) is 5. The molecule has 0 aliphatic carbocycles. The fourth-order valence-corrected chi connectivity index (χ4v) is 5.77. The van der Waals surface area contributed by atoms with Gasteiger partial charge in [-0.3, -0.25) is 0 Å². The maximum Gasteiger partial charge on any atom is 0.266 e. The Morgan fingerprint density at radius 2 is 2.11 bits per heavy atom. The highest BCUT2D eigenvalue weighted by Crippen LogP contribution is 2.34. The Hall–Kier alpha value is -0.310. The molecule has 1 aliphatic rings. The molecule has 1 unspecified atom stereocenters. The predicted octanol–water partition coefficient (Wildman–Crippen LogP) is 1.39. The Bertz CT molecular complexity index is 709. The number of rotatable bonds is 3. The van der Waals surface area contributed by atoms with E-state index >= 15 is 0 Å². The molecule has 19 heavy (non-hydrogen) atoms. The molecule has 1 aliphatic heterocycles. The van der Waals surface area contributed by atoms with Crippen molar-refractivity contribution in [3.8, 4) is 0 Å². The molecule has 2 rings (SSSR count). The first kappa shape index (κ1) is 15.1. The first-order chi connectivity index (χ1) is 8.65. The Kier molecular flexibility index (Phi) is 3.90. The smallest absolute Gasteiger partial charge is 0.248 e. The van der Waals surface area contributed by atoms with Crippen LogP contribution in [0.4, 0.5) is 0 Å². The number of halogens is 2. The Morgan fingerprint density at radius 3 is 2.47 bits per heavy atom. The minimum absolute atomic E-state index is 0.0538. The summed E-state index contributed by atoms with van der Waals surface area (Å²) < 4.78 is 47.2. The normalized spacial score (nSPS) is 22.8. The fourth-order valence-electron chi connectivity index (χ4n) is 2.13. The minimum atomic E-state index is -4.01. The van der Waals surface area contributed by atoms with Crippen LogP contribution in [0.15, 0.2) is 4.90 Å². The van der Waals surface area contributed by atoms with Gasteiger partial charge >= 0.3 is 0 Å². The number of aryl methyl sites for hydroxylation is 1. The molecule has 0 spiro atoms. The molecule has 6 nitrogen and oxygen atoms in total. The maximum atomic E-state index is 11.5. The van der Waals surface area contributed by atoms with Gasteiger partial charge in [-0.15, -0.1) is 0 Å². The first-order valence-electron chi connectivity index (χ1n) is 5.57. The van der Waals surface area contributed by atoms with E-state index in [0.717, 1.165) is 0 Å². The van der Waals surface area contributed by atoms with Crippen LogP contribution >= 0.6 is 22.3 Å². The molecule has 0 saturated carbocycles. The molecule has 0 bridgehead atoms. The van der Waals surface area contributed by atoms with Crippen LogP contribution in [0.25, 0.3) is 0 Å². The highest BCUT2D eigenvalue weighted by atomic mass is 35.7. The lowest BCUT2D eigenvalue weighted by atomic mass is 10.3. The highest BCUT2D eigenvalue weighted by Gasteiger charge is 2.34. The summed E-state index contributed by atoms with van der Waals surface area (Å²) in [6, 6.07) is -0.435. The second-order valence-corrected chi connectivity index (χ2v) is 9.45. The average molecular weight is 347 g/mol. The topological polar surface area (TPSA) is 86.1 Å². The quantitative estimate of drug-likeness (QED) is 0.771. The predicted molar refractivity (Wildman–Crippen MR) is 72.0 cm³/mol. The van der Waals surface area contributed by atoms with Crippen LogP contribution in [0.2, 0.25) is 5.15 Å². The van der Waals surface area contributed by atoms with Crippen LogP contribution in [-0.2, 0) is 25.3 Å². The summed E-state index contributed by atoms with van der Waals surface area (Å²) in [5.74, 6) is -0.0302. The van der Waals surface area contributed by atoms with Crippen molar-refractivity contribution in [1.29, 1.82) is 0 Å². The van der Waals surface area contributed by atoms with E-state index in [9.17, 15) is 16.8 Å². The molecule has 1 aromatic heterocycles. The third kappa shape index (κ3) is 2.91. The van der Waals surface area contributed by atoms with Crippen molar-refractivity contribution in [3.63, 3.8) is 0 Å².